The average Bonchev–Trinajstić information content (AvgIpc) is 3.05. The average molecular weight is 325 g/mol. The predicted molar refractivity (Wildman–Crippen MR) is 96.9 cm³/mol. The van der Waals surface area contributed by atoms with Gasteiger partial charge in [-0.2, -0.15) is 4.98 Å². The number of hydrogen-bond acceptors (Lipinski definition) is 7. The van der Waals surface area contributed by atoms with Crippen molar-refractivity contribution in [1.29, 1.82) is 0 Å². The fourth-order valence-corrected chi connectivity index (χ4v) is 3.17. The third-order valence-corrected chi connectivity index (χ3v) is 4.51. The van der Waals surface area contributed by atoms with E-state index in [0.717, 1.165) is 48.5 Å². The highest BCUT2D eigenvalue weighted by Crippen LogP contribution is 2.31. The van der Waals surface area contributed by atoms with Gasteiger partial charge in [-0.15, -0.1) is 0 Å². The van der Waals surface area contributed by atoms with Crippen molar-refractivity contribution in [1.82, 2.24) is 15.0 Å². The molecule has 2 aromatic rings. The maximum atomic E-state index is 4.64. The predicted octanol–water partition coefficient (Wildman–Crippen LogP) is 3.18. The number of piperidine rings is 1. The zero-order valence-electron chi connectivity index (χ0n) is 13.9. The Morgan fingerprint density at radius 2 is 1.96 bits per heavy atom. The van der Waals surface area contributed by atoms with E-state index in [-0.39, 0.29) is 6.17 Å². The van der Waals surface area contributed by atoms with Crippen LogP contribution in [0, 0.1) is 0 Å². The molecule has 1 fully saturated rings. The summed E-state index contributed by atoms with van der Waals surface area (Å²) in [4.78, 5) is 15.8. The van der Waals surface area contributed by atoms with Gasteiger partial charge in [-0.1, -0.05) is 6.92 Å². The number of pyridine rings is 1. The molecule has 1 unspecified atom stereocenters. The molecule has 0 aliphatic carbocycles. The van der Waals surface area contributed by atoms with Crippen LogP contribution in [-0.4, -0.2) is 34.2 Å². The maximum absolute atomic E-state index is 4.64. The number of rotatable bonds is 4. The van der Waals surface area contributed by atoms with Crippen LogP contribution in [0.2, 0.25) is 0 Å². The molecule has 4 rings (SSSR count). The van der Waals surface area contributed by atoms with E-state index < -0.39 is 0 Å². The number of fused-ring (bicyclic) bond motifs is 1. The molecular formula is C17H23N7. The van der Waals surface area contributed by atoms with Gasteiger partial charge in [0.2, 0.25) is 5.95 Å². The largest absolute Gasteiger partial charge is 0.364 e. The molecule has 7 heteroatoms. The van der Waals surface area contributed by atoms with Crippen LogP contribution in [0.5, 0.6) is 0 Å². The topological polar surface area (TPSA) is 78.0 Å². The van der Waals surface area contributed by atoms with E-state index in [2.05, 4.69) is 42.7 Å². The van der Waals surface area contributed by atoms with Gasteiger partial charge in [0, 0.05) is 25.4 Å². The van der Waals surface area contributed by atoms with Crippen LogP contribution in [0.25, 0.3) is 0 Å². The third kappa shape index (κ3) is 3.06. The summed E-state index contributed by atoms with van der Waals surface area (Å²) >= 11 is 0. The highest BCUT2D eigenvalue weighted by atomic mass is 15.3. The van der Waals surface area contributed by atoms with E-state index in [1.54, 1.807) is 6.20 Å². The van der Waals surface area contributed by atoms with Crippen molar-refractivity contribution < 1.29 is 0 Å². The van der Waals surface area contributed by atoms with Crippen molar-refractivity contribution in [3.05, 3.63) is 24.5 Å². The lowest BCUT2D eigenvalue weighted by atomic mass is 10.1. The Hall–Kier alpha value is -2.57. The number of anilines is 5. The molecule has 24 heavy (non-hydrogen) atoms. The van der Waals surface area contributed by atoms with Gasteiger partial charge < -0.3 is 20.9 Å². The smallest absolute Gasteiger partial charge is 0.227 e. The second-order valence-corrected chi connectivity index (χ2v) is 6.28. The van der Waals surface area contributed by atoms with E-state index in [1.165, 1.54) is 19.3 Å². The van der Waals surface area contributed by atoms with Gasteiger partial charge in [-0.3, -0.25) is 0 Å². The Morgan fingerprint density at radius 3 is 2.79 bits per heavy atom. The molecule has 1 saturated heterocycles. The summed E-state index contributed by atoms with van der Waals surface area (Å²) < 4.78 is 0. The van der Waals surface area contributed by atoms with Crippen LogP contribution in [-0.2, 0) is 0 Å². The summed E-state index contributed by atoms with van der Waals surface area (Å²) in [6, 6.07) is 3.89. The van der Waals surface area contributed by atoms with Crippen LogP contribution in [0.4, 0.5) is 29.0 Å². The van der Waals surface area contributed by atoms with E-state index >= 15 is 0 Å². The van der Waals surface area contributed by atoms with E-state index in [0.29, 0.717) is 0 Å². The first kappa shape index (κ1) is 15.0. The minimum Gasteiger partial charge on any atom is -0.364 e. The molecule has 4 heterocycles. The lowest BCUT2D eigenvalue weighted by Gasteiger charge is -2.26. The Kier molecular flexibility index (Phi) is 4.06. The van der Waals surface area contributed by atoms with Gasteiger partial charge in [0.1, 0.15) is 11.6 Å². The fourth-order valence-electron chi connectivity index (χ4n) is 3.17. The Balaban J connectivity index is 1.50. The zero-order valence-corrected chi connectivity index (χ0v) is 13.9. The molecule has 2 aromatic heterocycles. The van der Waals surface area contributed by atoms with Crippen LogP contribution >= 0.6 is 0 Å². The first-order chi connectivity index (χ1) is 11.8. The maximum Gasteiger partial charge on any atom is 0.227 e. The molecule has 1 atom stereocenters. The highest BCUT2D eigenvalue weighted by molar-refractivity contribution is 5.77. The summed E-state index contributed by atoms with van der Waals surface area (Å²) in [6.45, 7) is 4.22. The van der Waals surface area contributed by atoms with Crippen molar-refractivity contribution in [3.63, 3.8) is 0 Å². The number of hydrogen-bond donors (Lipinski definition) is 3. The lowest BCUT2D eigenvalue weighted by molar-refractivity contribution is 0.568. The van der Waals surface area contributed by atoms with Crippen LogP contribution in [0.15, 0.2) is 24.5 Å². The molecule has 0 radical (unpaired) electrons. The first-order valence-electron chi connectivity index (χ1n) is 8.70. The van der Waals surface area contributed by atoms with Crippen molar-refractivity contribution in [2.45, 2.75) is 38.8 Å². The third-order valence-electron chi connectivity index (χ3n) is 4.51. The van der Waals surface area contributed by atoms with Gasteiger partial charge in [-0.05, 0) is 31.7 Å². The van der Waals surface area contributed by atoms with Crippen LogP contribution in [0.1, 0.15) is 32.6 Å². The second kappa shape index (κ2) is 6.51. The van der Waals surface area contributed by atoms with Crippen molar-refractivity contribution in [2.24, 2.45) is 0 Å². The SMILES string of the molecule is CCC1Nc2cnc(Nc3ccnc(N4CCCCC4)n3)cc2N1. The minimum atomic E-state index is 0.279. The van der Waals surface area contributed by atoms with E-state index in [9.17, 15) is 0 Å². The van der Waals surface area contributed by atoms with Crippen LogP contribution < -0.4 is 20.9 Å². The van der Waals surface area contributed by atoms with Gasteiger partial charge >= 0.3 is 0 Å². The molecule has 0 amide bonds. The summed E-state index contributed by atoms with van der Waals surface area (Å²) in [7, 11) is 0. The normalized spacial score (nSPS) is 19.4. The van der Waals surface area contributed by atoms with Crippen molar-refractivity contribution >= 4 is 29.0 Å². The molecule has 2 aliphatic rings. The molecule has 126 valence electrons. The Labute approximate surface area is 141 Å². The number of nitrogens with one attached hydrogen (secondary N) is 3. The fraction of sp³-hybridized carbons (Fsp3) is 0.471. The van der Waals surface area contributed by atoms with Gasteiger partial charge in [0.25, 0.3) is 0 Å². The molecule has 0 aromatic carbocycles. The van der Waals surface area contributed by atoms with Gasteiger partial charge in [0.15, 0.2) is 0 Å². The number of aromatic nitrogens is 3. The van der Waals surface area contributed by atoms with E-state index in [4.69, 9.17) is 0 Å². The molecule has 7 nitrogen and oxygen atoms in total. The second-order valence-electron chi connectivity index (χ2n) is 6.28. The summed E-state index contributed by atoms with van der Waals surface area (Å²) in [5.41, 5.74) is 2.12. The zero-order chi connectivity index (χ0) is 16.4. The van der Waals surface area contributed by atoms with Crippen LogP contribution in [0.3, 0.4) is 0 Å². The highest BCUT2D eigenvalue weighted by Gasteiger charge is 2.19. The Bertz CT molecular complexity index is 712. The lowest BCUT2D eigenvalue weighted by Crippen LogP contribution is -2.31. The van der Waals surface area contributed by atoms with Crippen molar-refractivity contribution in [2.75, 3.05) is 33.9 Å². The molecule has 3 N–H and O–H groups in total. The molecule has 0 spiro atoms. The summed E-state index contributed by atoms with van der Waals surface area (Å²) in [6.07, 6.45) is 8.68. The summed E-state index contributed by atoms with van der Waals surface area (Å²) in [5.74, 6) is 2.35. The number of nitrogens with zero attached hydrogens (tertiary/aromatic N) is 4. The molecular weight excluding hydrogens is 302 g/mol. The van der Waals surface area contributed by atoms with E-state index in [1.807, 2.05) is 18.3 Å². The quantitative estimate of drug-likeness (QED) is 0.797. The summed E-state index contributed by atoms with van der Waals surface area (Å²) in [5, 5.41) is 10.1. The van der Waals surface area contributed by atoms with Crippen molar-refractivity contribution in [3.8, 4) is 0 Å². The molecule has 2 aliphatic heterocycles. The first-order valence-corrected chi connectivity index (χ1v) is 8.70. The van der Waals surface area contributed by atoms with Gasteiger partial charge in [-0.25, -0.2) is 9.97 Å². The van der Waals surface area contributed by atoms with Gasteiger partial charge in [0.05, 0.1) is 23.7 Å². The molecule has 0 bridgehead atoms. The minimum absolute atomic E-state index is 0.279. The monoisotopic (exact) mass is 325 g/mol. The Morgan fingerprint density at radius 1 is 1.12 bits per heavy atom. The molecule has 0 saturated carbocycles. The standard InChI is InChI=1S/C17H23N7/c1-2-14-20-12-10-16(19-11-13(12)21-14)22-15-6-7-18-17(23-15)24-8-4-3-5-9-24/h6-7,10-11,14,20-21H,2-5,8-9H2,1H3,(H,18,19,22,23).